The maximum atomic E-state index is 13.7. The van der Waals surface area contributed by atoms with Crippen molar-refractivity contribution in [3.63, 3.8) is 0 Å². The summed E-state index contributed by atoms with van der Waals surface area (Å²) in [5.74, 6) is 2.25. The van der Waals surface area contributed by atoms with Gasteiger partial charge in [-0.3, -0.25) is 9.59 Å². The summed E-state index contributed by atoms with van der Waals surface area (Å²) in [6.07, 6.45) is 1.53. The molecule has 2 aromatic carbocycles. The summed E-state index contributed by atoms with van der Waals surface area (Å²) < 4.78 is 22.2. The average molecular weight is 523 g/mol. The molecule has 0 aliphatic carbocycles. The first-order valence-electron chi connectivity index (χ1n) is 12.4. The molecule has 5 rings (SSSR count). The Balaban J connectivity index is 1.33. The first-order chi connectivity index (χ1) is 18.1. The molecule has 1 atom stereocenters. The average Bonchev–Trinajstić information content (AvgIpc) is 3.60. The van der Waals surface area contributed by atoms with E-state index in [1.165, 1.54) is 4.88 Å². The minimum atomic E-state index is -0.238. The summed E-state index contributed by atoms with van der Waals surface area (Å²) in [4.78, 5) is 31.8. The van der Waals surface area contributed by atoms with Crippen molar-refractivity contribution >= 4 is 23.2 Å². The van der Waals surface area contributed by atoms with Crippen LogP contribution >= 0.6 is 11.3 Å². The van der Waals surface area contributed by atoms with Gasteiger partial charge in [-0.25, -0.2) is 0 Å². The number of nitrogens with zero attached hydrogens (tertiary/aromatic N) is 2. The van der Waals surface area contributed by atoms with Gasteiger partial charge in [-0.1, -0.05) is 13.0 Å². The molecule has 3 aromatic rings. The van der Waals surface area contributed by atoms with E-state index in [9.17, 15) is 9.59 Å². The van der Waals surface area contributed by atoms with Gasteiger partial charge in [0.15, 0.2) is 11.5 Å². The van der Waals surface area contributed by atoms with Crippen LogP contribution in [0.15, 0.2) is 53.9 Å². The lowest BCUT2D eigenvalue weighted by Gasteiger charge is -2.37. The number of hydrogen-bond acceptors (Lipinski definition) is 7. The summed E-state index contributed by atoms with van der Waals surface area (Å²) in [6.45, 7) is 3.50. The lowest BCUT2D eigenvalue weighted by atomic mass is 10.0. The molecule has 0 fully saturated rings. The molecule has 2 aliphatic rings. The van der Waals surface area contributed by atoms with E-state index in [0.29, 0.717) is 48.3 Å². The molecule has 3 heterocycles. The highest BCUT2D eigenvalue weighted by Gasteiger charge is 2.33. The van der Waals surface area contributed by atoms with Crippen molar-refractivity contribution in [3.8, 4) is 23.0 Å². The van der Waals surface area contributed by atoms with E-state index >= 15 is 0 Å². The molecule has 2 aliphatic heterocycles. The van der Waals surface area contributed by atoms with Gasteiger partial charge in [-0.05, 0) is 60.2 Å². The standard InChI is InChI=1S/C28H30N2O6S/c1-3-11-29(28(32)19-7-8-24-25(14-19)36-18-35-24)16-27(31)30-12-9-26-22(10-13-37-26)23(30)17-34-21-6-4-5-20(15-21)33-2/h4-8,10,13-15,23H,3,9,11-12,16-18H2,1-2H3. The fourth-order valence-corrected chi connectivity index (χ4v) is 5.66. The Labute approximate surface area is 220 Å². The zero-order chi connectivity index (χ0) is 25.8. The van der Waals surface area contributed by atoms with Crippen LogP contribution in [0.1, 0.15) is 40.2 Å². The van der Waals surface area contributed by atoms with Crippen molar-refractivity contribution in [2.24, 2.45) is 0 Å². The number of hydrogen-bond donors (Lipinski definition) is 0. The van der Waals surface area contributed by atoms with Crippen molar-refractivity contribution in [1.82, 2.24) is 9.80 Å². The third-order valence-corrected chi connectivity index (χ3v) is 7.59. The van der Waals surface area contributed by atoms with E-state index in [1.54, 1.807) is 41.5 Å². The molecular weight excluding hydrogens is 492 g/mol. The SMILES string of the molecule is CCCN(CC(=O)N1CCc2sccc2C1COc1cccc(OC)c1)C(=O)c1ccc2c(c1)OCO2. The topological polar surface area (TPSA) is 77.5 Å². The van der Waals surface area contributed by atoms with Crippen LogP contribution in [0.5, 0.6) is 23.0 Å². The number of amides is 2. The molecule has 1 aromatic heterocycles. The Morgan fingerprint density at radius 3 is 2.78 bits per heavy atom. The first-order valence-corrected chi connectivity index (χ1v) is 13.3. The molecule has 9 heteroatoms. The molecule has 0 saturated carbocycles. The van der Waals surface area contributed by atoms with Crippen molar-refractivity contribution in [1.29, 1.82) is 0 Å². The van der Waals surface area contributed by atoms with Crippen LogP contribution in [0.2, 0.25) is 0 Å². The first kappa shape index (κ1) is 25.0. The van der Waals surface area contributed by atoms with Crippen molar-refractivity contribution in [2.75, 3.05) is 40.1 Å². The molecule has 0 saturated heterocycles. The number of fused-ring (bicyclic) bond motifs is 2. The van der Waals surface area contributed by atoms with Crippen LogP contribution in [0.4, 0.5) is 0 Å². The van der Waals surface area contributed by atoms with Crippen LogP contribution in [0, 0.1) is 0 Å². The molecule has 37 heavy (non-hydrogen) atoms. The number of thiophene rings is 1. The molecule has 0 N–H and O–H groups in total. The molecule has 1 unspecified atom stereocenters. The minimum absolute atomic E-state index is 0.00372. The lowest BCUT2D eigenvalue weighted by Crippen LogP contribution is -2.48. The molecule has 2 amide bonds. The Morgan fingerprint density at radius 2 is 1.95 bits per heavy atom. The number of ether oxygens (including phenoxy) is 4. The summed E-state index contributed by atoms with van der Waals surface area (Å²) in [7, 11) is 1.62. The van der Waals surface area contributed by atoms with E-state index in [4.69, 9.17) is 18.9 Å². The third kappa shape index (κ3) is 5.36. The van der Waals surface area contributed by atoms with Gasteiger partial charge >= 0.3 is 0 Å². The van der Waals surface area contributed by atoms with E-state index in [2.05, 4.69) is 11.4 Å². The van der Waals surface area contributed by atoms with Crippen LogP contribution < -0.4 is 18.9 Å². The maximum Gasteiger partial charge on any atom is 0.254 e. The molecule has 194 valence electrons. The van der Waals surface area contributed by atoms with E-state index < -0.39 is 0 Å². The Bertz CT molecular complexity index is 1280. The van der Waals surface area contributed by atoms with Gasteiger partial charge in [0.2, 0.25) is 12.7 Å². The Hall–Kier alpha value is -3.72. The number of benzene rings is 2. The summed E-state index contributed by atoms with van der Waals surface area (Å²) in [6, 6.07) is 14.4. The van der Waals surface area contributed by atoms with E-state index in [0.717, 1.165) is 18.4 Å². The van der Waals surface area contributed by atoms with Gasteiger partial charge in [-0.2, -0.15) is 0 Å². The van der Waals surface area contributed by atoms with Crippen molar-refractivity contribution in [3.05, 3.63) is 69.9 Å². The zero-order valence-corrected chi connectivity index (χ0v) is 21.8. The van der Waals surface area contributed by atoms with Crippen LogP contribution in [0.25, 0.3) is 0 Å². The Morgan fingerprint density at radius 1 is 1.11 bits per heavy atom. The number of rotatable bonds is 9. The second-order valence-corrected chi connectivity index (χ2v) is 9.94. The maximum absolute atomic E-state index is 13.7. The predicted octanol–water partition coefficient (Wildman–Crippen LogP) is 4.54. The quantitative estimate of drug-likeness (QED) is 0.411. The van der Waals surface area contributed by atoms with Gasteiger partial charge in [0, 0.05) is 29.6 Å². The van der Waals surface area contributed by atoms with Gasteiger partial charge in [0.25, 0.3) is 5.91 Å². The minimum Gasteiger partial charge on any atom is -0.497 e. The molecule has 8 nitrogen and oxygen atoms in total. The summed E-state index contributed by atoms with van der Waals surface area (Å²) in [5.41, 5.74) is 1.58. The lowest BCUT2D eigenvalue weighted by molar-refractivity contribution is -0.135. The van der Waals surface area contributed by atoms with Crippen LogP contribution in [0.3, 0.4) is 0 Å². The second-order valence-electron chi connectivity index (χ2n) is 8.94. The number of carbonyl (C=O) groups excluding carboxylic acids is 2. The third-order valence-electron chi connectivity index (χ3n) is 6.59. The van der Waals surface area contributed by atoms with Crippen molar-refractivity contribution < 1.29 is 28.5 Å². The van der Waals surface area contributed by atoms with Crippen LogP contribution in [-0.2, 0) is 11.2 Å². The predicted molar refractivity (Wildman–Crippen MR) is 140 cm³/mol. The van der Waals surface area contributed by atoms with Crippen molar-refractivity contribution in [2.45, 2.75) is 25.8 Å². The van der Waals surface area contributed by atoms with Crippen LogP contribution in [-0.4, -0.2) is 61.8 Å². The fourth-order valence-electron chi connectivity index (χ4n) is 4.73. The largest absolute Gasteiger partial charge is 0.497 e. The van der Waals surface area contributed by atoms with E-state index in [1.807, 2.05) is 36.1 Å². The second kappa shape index (κ2) is 11.1. The summed E-state index contributed by atoms with van der Waals surface area (Å²) in [5, 5.41) is 2.06. The molecule has 0 spiro atoms. The highest BCUT2D eigenvalue weighted by molar-refractivity contribution is 7.10. The molecule has 0 bridgehead atoms. The Kier molecular flexibility index (Phi) is 7.50. The molecular formula is C28H30N2O6S. The van der Waals surface area contributed by atoms with Gasteiger partial charge in [0.05, 0.1) is 13.2 Å². The molecule has 0 radical (unpaired) electrons. The van der Waals surface area contributed by atoms with Gasteiger partial charge < -0.3 is 28.7 Å². The highest BCUT2D eigenvalue weighted by atomic mass is 32.1. The van der Waals surface area contributed by atoms with Gasteiger partial charge in [0.1, 0.15) is 24.7 Å². The fraction of sp³-hybridized carbons (Fsp3) is 0.357. The monoisotopic (exact) mass is 522 g/mol. The van der Waals surface area contributed by atoms with Gasteiger partial charge in [-0.15, -0.1) is 11.3 Å². The normalized spacial score (nSPS) is 15.7. The smallest absolute Gasteiger partial charge is 0.254 e. The van der Waals surface area contributed by atoms with E-state index in [-0.39, 0.29) is 31.2 Å². The summed E-state index contributed by atoms with van der Waals surface area (Å²) >= 11 is 1.70. The highest BCUT2D eigenvalue weighted by Crippen LogP contribution is 2.35. The number of carbonyl (C=O) groups is 2. The number of methoxy groups -OCH3 is 1. The zero-order valence-electron chi connectivity index (χ0n) is 21.0.